The fourth-order valence-electron chi connectivity index (χ4n) is 6.71. The molecule has 5 rings (SSSR count). The Labute approximate surface area is 343 Å². The smallest absolute Gasteiger partial charge is 0.347 e. The van der Waals surface area contributed by atoms with E-state index in [0.717, 1.165) is 54.5 Å². The number of furan rings is 1. The van der Waals surface area contributed by atoms with Crippen LogP contribution in [0.25, 0.3) is 21.9 Å². The minimum Gasteiger partial charge on any atom is -0.504 e. The molecule has 0 saturated carbocycles. The maximum atomic E-state index is 12.9. The molecule has 2 aliphatic heterocycles. The number of ether oxygens (including phenoxy) is 11. The van der Waals surface area contributed by atoms with Crippen LogP contribution in [-0.4, -0.2) is 127 Å². The van der Waals surface area contributed by atoms with Crippen LogP contribution in [0.5, 0.6) is 17.2 Å². The van der Waals surface area contributed by atoms with Gasteiger partial charge in [-0.25, -0.2) is 4.79 Å². The molecule has 0 aliphatic carbocycles. The normalized spacial score (nSPS) is 26.1. The number of rotatable bonds is 13. The maximum absolute atomic E-state index is 12.9. The lowest BCUT2D eigenvalue weighted by atomic mass is 9.96. The van der Waals surface area contributed by atoms with Crippen molar-refractivity contribution in [1.82, 2.24) is 0 Å². The van der Waals surface area contributed by atoms with Crippen molar-refractivity contribution in [2.45, 2.75) is 117 Å². The monoisotopic (exact) mass is 866 g/mol. The average Bonchev–Trinajstić information content (AvgIpc) is 3.49. The molecule has 23 nitrogen and oxygen atoms in total. The second-order valence-corrected chi connectivity index (χ2v) is 13.7. The Morgan fingerprint density at radius 1 is 0.590 bits per heavy atom. The van der Waals surface area contributed by atoms with Crippen molar-refractivity contribution in [3.8, 4) is 17.2 Å². The first kappa shape index (κ1) is 45.6. The molecule has 2 aromatic heterocycles. The predicted molar refractivity (Wildman–Crippen MR) is 194 cm³/mol. The number of phenols is 2. The lowest BCUT2D eigenvalue weighted by Crippen LogP contribution is -2.67. The van der Waals surface area contributed by atoms with Crippen LogP contribution in [0.3, 0.4) is 0 Å². The predicted octanol–water partition coefficient (Wildman–Crippen LogP) is 1.26. The third-order valence-electron chi connectivity index (χ3n) is 8.83. The topological polar surface area (TPSA) is 305 Å². The second kappa shape index (κ2) is 18.9. The molecule has 61 heavy (non-hydrogen) atoms. The molecule has 10 atom stereocenters. The Morgan fingerprint density at radius 2 is 1.05 bits per heavy atom. The summed E-state index contributed by atoms with van der Waals surface area (Å²) in [6.07, 6.45) is -17.8. The van der Waals surface area contributed by atoms with E-state index in [2.05, 4.69) is 0 Å². The molecule has 2 aliphatic rings. The molecule has 0 amide bonds. The first-order valence-corrected chi connectivity index (χ1v) is 18.3. The van der Waals surface area contributed by atoms with Crippen LogP contribution in [0.2, 0.25) is 0 Å². The molecule has 4 heterocycles. The summed E-state index contributed by atoms with van der Waals surface area (Å²) in [5.74, 6) is -8.86. The zero-order valence-electron chi connectivity index (χ0n) is 33.8. The number of fused-ring (bicyclic) bond motifs is 3. The van der Waals surface area contributed by atoms with Gasteiger partial charge < -0.3 is 71.2 Å². The Kier molecular flexibility index (Phi) is 14.1. The standard InChI is InChI=1S/C38H42O23/c1-13-9-23-26(36(48)51-13)21-10-22(46)27(47)31(28(21)57-23)61-38-35(56-20(8)45)33(54-18(6)43)30(25(59-38)12-50-15(3)40)60-37-34(55-19(7)44)32(53-17(5)42)29(52-16(4)41)24(58-37)11-49-14(2)39/h9-10,24-25,29-30,32-35,37-38,46-47H,11-12H2,1-8H3/t24-,25-,29+,30-,32+,33+,34-,35-,37-,38+/m1/s1. The van der Waals surface area contributed by atoms with E-state index in [-0.39, 0.29) is 27.7 Å². The van der Waals surface area contributed by atoms with Crippen molar-refractivity contribution in [2.75, 3.05) is 13.2 Å². The minimum atomic E-state index is -1.98. The first-order chi connectivity index (χ1) is 28.6. The summed E-state index contributed by atoms with van der Waals surface area (Å²) in [6.45, 7) is 7.09. The summed E-state index contributed by atoms with van der Waals surface area (Å²) in [4.78, 5) is 99.7. The number of phenolic OH excluding ortho intramolecular Hbond substituents is 2. The Bertz CT molecular complexity index is 2250. The quantitative estimate of drug-likeness (QED) is 0.139. The number of carbonyl (C=O) groups is 7. The zero-order chi connectivity index (χ0) is 45.0. The number of hydrogen-bond acceptors (Lipinski definition) is 23. The molecular weight excluding hydrogens is 824 g/mol. The van der Waals surface area contributed by atoms with Gasteiger partial charge >= 0.3 is 47.4 Å². The summed E-state index contributed by atoms with van der Waals surface area (Å²) in [6, 6.07) is 2.36. The fraction of sp³-hybridized carbons (Fsp3) is 0.526. The third-order valence-corrected chi connectivity index (χ3v) is 8.83. The second-order valence-electron chi connectivity index (χ2n) is 13.7. The molecule has 23 heteroatoms. The number of aryl methyl sites for hydroxylation is 1. The van der Waals surface area contributed by atoms with E-state index in [1.54, 1.807) is 0 Å². The van der Waals surface area contributed by atoms with Crippen LogP contribution in [0.15, 0.2) is 25.8 Å². The molecular formula is C38H42O23. The van der Waals surface area contributed by atoms with Crippen LogP contribution in [0, 0.1) is 6.92 Å². The van der Waals surface area contributed by atoms with Gasteiger partial charge in [-0.15, -0.1) is 0 Å². The summed E-state index contributed by atoms with van der Waals surface area (Å²) < 4.78 is 73.6. The number of aromatic hydroxyl groups is 2. The van der Waals surface area contributed by atoms with Crippen LogP contribution >= 0.6 is 0 Å². The minimum absolute atomic E-state index is 0.0384. The number of hydrogen-bond donors (Lipinski definition) is 2. The van der Waals surface area contributed by atoms with Gasteiger partial charge in [0.25, 0.3) is 0 Å². The molecule has 1 aromatic carbocycles. The molecule has 2 fully saturated rings. The lowest BCUT2D eigenvalue weighted by Gasteiger charge is -2.48. The number of esters is 7. The van der Waals surface area contributed by atoms with E-state index in [9.17, 15) is 48.6 Å². The fourth-order valence-corrected chi connectivity index (χ4v) is 6.71. The van der Waals surface area contributed by atoms with Gasteiger partial charge in [-0.1, -0.05) is 0 Å². The van der Waals surface area contributed by atoms with Gasteiger partial charge in [-0.05, 0) is 13.0 Å². The van der Waals surface area contributed by atoms with Gasteiger partial charge in [0.1, 0.15) is 48.3 Å². The summed E-state index contributed by atoms with van der Waals surface area (Å²) in [5, 5.41) is 21.6. The Balaban J connectivity index is 1.66. The van der Waals surface area contributed by atoms with E-state index in [1.807, 2.05) is 0 Å². The van der Waals surface area contributed by atoms with Gasteiger partial charge in [0.05, 0.1) is 0 Å². The molecule has 0 radical (unpaired) electrons. The summed E-state index contributed by atoms with van der Waals surface area (Å²) in [5.41, 5.74) is -1.23. The highest BCUT2D eigenvalue weighted by Crippen LogP contribution is 2.47. The Hall–Kier alpha value is -6.46. The largest absolute Gasteiger partial charge is 0.504 e. The van der Waals surface area contributed by atoms with Crippen molar-refractivity contribution in [3.05, 3.63) is 28.3 Å². The number of carbonyl (C=O) groups excluding carboxylic acids is 7. The highest BCUT2D eigenvalue weighted by molar-refractivity contribution is 6.08. The van der Waals surface area contributed by atoms with Gasteiger partial charge in [0, 0.05) is 59.9 Å². The van der Waals surface area contributed by atoms with E-state index in [4.69, 9.17) is 60.9 Å². The van der Waals surface area contributed by atoms with E-state index in [1.165, 1.54) is 13.0 Å². The third kappa shape index (κ3) is 10.7. The van der Waals surface area contributed by atoms with E-state index < -0.39 is 139 Å². The number of benzene rings is 1. The van der Waals surface area contributed by atoms with E-state index >= 15 is 0 Å². The summed E-state index contributed by atoms with van der Waals surface area (Å²) >= 11 is 0. The Morgan fingerprint density at radius 3 is 1.57 bits per heavy atom. The molecule has 2 N–H and O–H groups in total. The van der Waals surface area contributed by atoms with Crippen LogP contribution in [-0.2, 0) is 80.9 Å². The van der Waals surface area contributed by atoms with Crippen molar-refractivity contribution in [3.63, 3.8) is 0 Å². The molecule has 0 unspecified atom stereocenters. The SMILES string of the molecule is CC(=O)OC[C@H]1O[C@H](O[C@H]2[C@H](OC(C)=O)[C@@H](OC(C)=O)[C@H](Oc3c(O)c(O)cc4c3oc3cc(C)oc(=O)c34)O[C@@H]2COC(C)=O)[C@H](OC(C)=O)[C@@H](OC(C)=O)[C@H]1OC(C)=O. The van der Waals surface area contributed by atoms with Gasteiger partial charge in [-0.2, -0.15) is 0 Å². The highest BCUT2D eigenvalue weighted by atomic mass is 16.8. The lowest BCUT2D eigenvalue weighted by molar-refractivity contribution is -0.354. The van der Waals surface area contributed by atoms with Crippen LogP contribution < -0.4 is 10.4 Å². The van der Waals surface area contributed by atoms with Gasteiger partial charge in [0.15, 0.2) is 42.0 Å². The van der Waals surface area contributed by atoms with E-state index in [0.29, 0.717) is 0 Å². The van der Waals surface area contributed by atoms with Crippen LogP contribution in [0.4, 0.5) is 0 Å². The zero-order valence-corrected chi connectivity index (χ0v) is 33.8. The van der Waals surface area contributed by atoms with Crippen LogP contribution in [0.1, 0.15) is 54.2 Å². The van der Waals surface area contributed by atoms with Crippen molar-refractivity contribution in [2.24, 2.45) is 0 Å². The molecule has 0 spiro atoms. The van der Waals surface area contributed by atoms with Crippen molar-refractivity contribution < 1.29 is 105 Å². The maximum Gasteiger partial charge on any atom is 0.347 e. The van der Waals surface area contributed by atoms with Crippen molar-refractivity contribution in [1.29, 1.82) is 0 Å². The van der Waals surface area contributed by atoms with Crippen molar-refractivity contribution >= 4 is 63.7 Å². The first-order valence-electron chi connectivity index (χ1n) is 18.3. The molecule has 332 valence electrons. The van der Waals surface area contributed by atoms with Gasteiger partial charge in [-0.3, -0.25) is 33.6 Å². The molecule has 2 saturated heterocycles. The molecule has 3 aromatic rings. The molecule has 0 bridgehead atoms. The average molecular weight is 867 g/mol. The van der Waals surface area contributed by atoms with Gasteiger partial charge in [0.2, 0.25) is 23.9 Å². The summed E-state index contributed by atoms with van der Waals surface area (Å²) in [7, 11) is 0. The highest BCUT2D eigenvalue weighted by Gasteiger charge is 2.58.